The van der Waals surface area contributed by atoms with E-state index in [1.165, 1.54) is 17.1 Å². The van der Waals surface area contributed by atoms with E-state index in [0.29, 0.717) is 19.6 Å². The standard InChI is InChI=1S/C11H22N4O2S/c1-2-3-4-5-7-14-18(16,17)11-9-13-15(10-11)8-6-12/h9-10,14H,2-8,12H2,1H3. The van der Waals surface area contributed by atoms with Gasteiger partial charge in [-0.2, -0.15) is 5.10 Å². The molecule has 0 aliphatic rings. The van der Waals surface area contributed by atoms with Gasteiger partial charge in [-0.1, -0.05) is 26.2 Å². The molecule has 1 rings (SSSR count). The van der Waals surface area contributed by atoms with Crippen LogP contribution in [0.4, 0.5) is 0 Å². The Morgan fingerprint density at radius 1 is 1.39 bits per heavy atom. The first kappa shape index (κ1) is 15.1. The van der Waals surface area contributed by atoms with E-state index in [9.17, 15) is 8.42 Å². The summed E-state index contributed by atoms with van der Waals surface area (Å²) in [7, 11) is -3.42. The number of hydrogen-bond acceptors (Lipinski definition) is 4. The van der Waals surface area contributed by atoms with Crippen LogP contribution in [0.1, 0.15) is 32.6 Å². The van der Waals surface area contributed by atoms with Crippen molar-refractivity contribution in [2.45, 2.75) is 44.0 Å². The fourth-order valence-electron chi connectivity index (χ4n) is 1.58. The number of nitrogens with zero attached hydrogens (tertiary/aromatic N) is 2. The maximum Gasteiger partial charge on any atom is 0.243 e. The Labute approximate surface area is 109 Å². The third-order valence-corrected chi connectivity index (χ3v) is 4.02. The summed E-state index contributed by atoms with van der Waals surface area (Å²) in [5.74, 6) is 0. The molecule has 0 aliphatic carbocycles. The highest BCUT2D eigenvalue weighted by Crippen LogP contribution is 2.07. The Hall–Kier alpha value is -0.920. The Kier molecular flexibility index (Phi) is 6.31. The molecule has 0 saturated carbocycles. The van der Waals surface area contributed by atoms with Crippen LogP contribution >= 0.6 is 0 Å². The molecule has 1 heterocycles. The van der Waals surface area contributed by atoms with Crippen LogP contribution in [-0.4, -0.2) is 31.3 Å². The van der Waals surface area contributed by atoms with Crippen LogP contribution in [0, 0.1) is 0 Å². The number of rotatable bonds is 9. The maximum absolute atomic E-state index is 11.9. The molecule has 1 aromatic heterocycles. The van der Waals surface area contributed by atoms with Gasteiger partial charge in [0.05, 0.1) is 12.7 Å². The normalized spacial score (nSPS) is 11.9. The molecule has 0 spiro atoms. The van der Waals surface area contributed by atoms with Gasteiger partial charge in [-0.05, 0) is 6.42 Å². The summed E-state index contributed by atoms with van der Waals surface area (Å²) in [5.41, 5.74) is 5.38. The molecule has 0 atom stereocenters. The largest absolute Gasteiger partial charge is 0.329 e. The molecule has 18 heavy (non-hydrogen) atoms. The highest BCUT2D eigenvalue weighted by Gasteiger charge is 2.15. The summed E-state index contributed by atoms with van der Waals surface area (Å²) in [6.45, 7) is 3.55. The van der Waals surface area contributed by atoms with E-state index in [0.717, 1.165) is 25.7 Å². The monoisotopic (exact) mass is 274 g/mol. The van der Waals surface area contributed by atoms with Crippen molar-refractivity contribution in [1.82, 2.24) is 14.5 Å². The van der Waals surface area contributed by atoms with Crippen LogP contribution in [0.25, 0.3) is 0 Å². The van der Waals surface area contributed by atoms with Crippen LogP contribution in [0.5, 0.6) is 0 Å². The SMILES string of the molecule is CCCCCCNS(=O)(=O)c1cnn(CCN)c1. The summed E-state index contributed by atoms with van der Waals surface area (Å²) < 4.78 is 27.9. The summed E-state index contributed by atoms with van der Waals surface area (Å²) in [6, 6.07) is 0. The summed E-state index contributed by atoms with van der Waals surface area (Å²) in [4.78, 5) is 0.200. The van der Waals surface area contributed by atoms with Crippen LogP contribution in [0.15, 0.2) is 17.3 Å². The smallest absolute Gasteiger partial charge is 0.243 e. The van der Waals surface area contributed by atoms with Crippen molar-refractivity contribution in [2.24, 2.45) is 5.73 Å². The van der Waals surface area contributed by atoms with Gasteiger partial charge in [-0.25, -0.2) is 13.1 Å². The predicted octanol–water partition coefficient (Wildman–Crippen LogP) is 0.700. The van der Waals surface area contributed by atoms with E-state index in [1.54, 1.807) is 0 Å². The Morgan fingerprint density at radius 3 is 2.83 bits per heavy atom. The van der Waals surface area contributed by atoms with Crippen LogP contribution in [0.3, 0.4) is 0 Å². The molecule has 3 N–H and O–H groups in total. The van der Waals surface area contributed by atoms with Crippen molar-refractivity contribution < 1.29 is 8.42 Å². The molecular formula is C11H22N4O2S. The zero-order valence-corrected chi connectivity index (χ0v) is 11.6. The summed E-state index contributed by atoms with van der Waals surface area (Å²) >= 11 is 0. The van der Waals surface area contributed by atoms with E-state index in [2.05, 4.69) is 16.7 Å². The fourth-order valence-corrected chi connectivity index (χ4v) is 2.61. The van der Waals surface area contributed by atoms with Gasteiger partial charge in [-0.3, -0.25) is 4.68 Å². The van der Waals surface area contributed by atoms with Crippen molar-refractivity contribution in [3.63, 3.8) is 0 Å². The third-order valence-electron chi connectivity index (χ3n) is 2.60. The average Bonchev–Trinajstić information content (AvgIpc) is 2.79. The Balaban J connectivity index is 2.46. The second kappa shape index (κ2) is 7.50. The minimum absolute atomic E-state index is 0.200. The fraction of sp³-hybridized carbons (Fsp3) is 0.727. The van der Waals surface area contributed by atoms with Gasteiger partial charge in [-0.15, -0.1) is 0 Å². The molecular weight excluding hydrogens is 252 g/mol. The van der Waals surface area contributed by atoms with Gasteiger partial charge < -0.3 is 5.73 Å². The summed E-state index contributed by atoms with van der Waals surface area (Å²) in [5, 5.41) is 3.95. The molecule has 104 valence electrons. The molecule has 0 unspecified atom stereocenters. The topological polar surface area (TPSA) is 90.0 Å². The Morgan fingerprint density at radius 2 is 2.17 bits per heavy atom. The number of sulfonamides is 1. The maximum atomic E-state index is 11.9. The van der Waals surface area contributed by atoms with E-state index >= 15 is 0 Å². The van der Waals surface area contributed by atoms with Gasteiger partial charge in [0.1, 0.15) is 4.90 Å². The first-order chi connectivity index (χ1) is 8.60. The average molecular weight is 274 g/mol. The second-order valence-electron chi connectivity index (χ2n) is 4.19. The highest BCUT2D eigenvalue weighted by atomic mass is 32.2. The first-order valence-electron chi connectivity index (χ1n) is 6.32. The Bertz CT molecular complexity index is 442. The number of nitrogens with two attached hydrogens (primary N) is 1. The van der Waals surface area contributed by atoms with Gasteiger partial charge >= 0.3 is 0 Å². The minimum atomic E-state index is -3.42. The number of nitrogens with one attached hydrogen (secondary N) is 1. The van der Waals surface area contributed by atoms with Crippen molar-refractivity contribution in [3.8, 4) is 0 Å². The third kappa shape index (κ3) is 4.75. The lowest BCUT2D eigenvalue weighted by molar-refractivity contribution is 0.573. The van der Waals surface area contributed by atoms with Crippen LogP contribution in [0.2, 0.25) is 0 Å². The van der Waals surface area contributed by atoms with Gasteiger partial charge in [0, 0.05) is 19.3 Å². The second-order valence-corrected chi connectivity index (χ2v) is 5.95. The van der Waals surface area contributed by atoms with Gasteiger partial charge in [0.25, 0.3) is 0 Å². The molecule has 0 saturated heterocycles. The molecule has 0 amide bonds. The highest BCUT2D eigenvalue weighted by molar-refractivity contribution is 7.89. The molecule has 0 radical (unpaired) electrons. The van der Waals surface area contributed by atoms with Gasteiger partial charge in [0.2, 0.25) is 10.0 Å². The lowest BCUT2D eigenvalue weighted by atomic mass is 10.2. The molecule has 6 nitrogen and oxygen atoms in total. The lowest BCUT2D eigenvalue weighted by Gasteiger charge is -2.04. The van der Waals surface area contributed by atoms with Crippen molar-refractivity contribution in [1.29, 1.82) is 0 Å². The predicted molar refractivity (Wildman–Crippen MR) is 70.6 cm³/mol. The number of hydrogen-bond donors (Lipinski definition) is 2. The lowest BCUT2D eigenvalue weighted by Crippen LogP contribution is -2.24. The molecule has 7 heteroatoms. The van der Waals surface area contributed by atoms with Gasteiger partial charge in [0.15, 0.2) is 0 Å². The molecule has 0 fully saturated rings. The van der Waals surface area contributed by atoms with Crippen molar-refractivity contribution in [3.05, 3.63) is 12.4 Å². The van der Waals surface area contributed by atoms with Crippen molar-refractivity contribution in [2.75, 3.05) is 13.1 Å². The number of aromatic nitrogens is 2. The summed E-state index contributed by atoms with van der Waals surface area (Å²) in [6.07, 6.45) is 7.04. The zero-order chi connectivity index (χ0) is 13.4. The minimum Gasteiger partial charge on any atom is -0.329 e. The molecule has 0 bridgehead atoms. The molecule has 1 aromatic rings. The first-order valence-corrected chi connectivity index (χ1v) is 7.80. The molecule has 0 aliphatic heterocycles. The van der Waals surface area contributed by atoms with Crippen molar-refractivity contribution >= 4 is 10.0 Å². The number of unbranched alkanes of at least 4 members (excludes halogenated alkanes) is 3. The zero-order valence-electron chi connectivity index (χ0n) is 10.8. The van der Waals surface area contributed by atoms with E-state index in [-0.39, 0.29) is 4.90 Å². The van der Waals surface area contributed by atoms with E-state index < -0.39 is 10.0 Å². The quantitative estimate of drug-likeness (QED) is 0.649. The van der Waals surface area contributed by atoms with E-state index in [4.69, 9.17) is 5.73 Å². The van der Waals surface area contributed by atoms with Crippen LogP contribution < -0.4 is 10.5 Å². The van der Waals surface area contributed by atoms with E-state index in [1.807, 2.05) is 0 Å². The van der Waals surface area contributed by atoms with Crippen LogP contribution in [-0.2, 0) is 16.6 Å². The molecule has 0 aromatic carbocycles.